The van der Waals surface area contributed by atoms with Gasteiger partial charge in [-0.15, -0.1) is 0 Å². The number of hydrogen-bond donors (Lipinski definition) is 1. The predicted octanol–water partition coefficient (Wildman–Crippen LogP) is 2.17. The summed E-state index contributed by atoms with van der Waals surface area (Å²) in [6.45, 7) is 1.80. The van der Waals surface area contributed by atoms with Gasteiger partial charge in [0.1, 0.15) is 9.84 Å². The Morgan fingerprint density at radius 3 is 2.42 bits per heavy atom. The lowest BCUT2D eigenvalue weighted by Crippen LogP contribution is -2.14. The van der Waals surface area contributed by atoms with E-state index in [-0.39, 0.29) is 18.1 Å². The van der Waals surface area contributed by atoms with Gasteiger partial charge < -0.3 is 10.3 Å². The Morgan fingerprint density at radius 2 is 1.88 bits per heavy atom. The van der Waals surface area contributed by atoms with Crippen molar-refractivity contribution >= 4 is 15.6 Å². The Bertz CT molecular complexity index is 936. The summed E-state index contributed by atoms with van der Waals surface area (Å²) in [5.74, 6) is 0.0188. The molecule has 0 spiro atoms. The van der Waals surface area contributed by atoms with E-state index < -0.39 is 9.84 Å². The molecule has 2 rings (SSSR count). The van der Waals surface area contributed by atoms with Gasteiger partial charge in [0.25, 0.3) is 0 Å². The quantitative estimate of drug-likeness (QED) is 0.564. The topological polar surface area (TPSA) is 106 Å². The number of unbranched alkanes of at least 4 members (excludes halogenated alkanes) is 1. The Labute approximate surface area is 154 Å². The highest BCUT2D eigenvalue weighted by atomic mass is 32.2. The largest absolute Gasteiger partial charge is 0.324 e. The Balaban J connectivity index is 2.35. The predicted molar refractivity (Wildman–Crippen MR) is 101 cm³/mol. The number of Topliss-reactive ketones (excluding diaryl/α,β-unsaturated/α-hetero) is 1. The fourth-order valence-electron chi connectivity index (χ4n) is 2.96. The number of sulfone groups is 1. The van der Waals surface area contributed by atoms with Gasteiger partial charge in [0.15, 0.2) is 5.78 Å². The molecule has 2 aromatic rings. The molecule has 6 nitrogen and oxygen atoms in total. The van der Waals surface area contributed by atoms with Crippen LogP contribution in [0.1, 0.15) is 40.2 Å². The van der Waals surface area contributed by atoms with E-state index in [1.165, 1.54) is 6.26 Å². The van der Waals surface area contributed by atoms with Crippen molar-refractivity contribution in [1.29, 1.82) is 5.26 Å². The number of nitrogens with two attached hydrogens (primary N) is 1. The molecule has 26 heavy (non-hydrogen) atoms. The SMILES string of the molecule is Cc1c(C(=O)CN)cc(CCCCS(C)(=O)=O)n1-c1ccc(C#N)cc1. The second-order valence-electron chi connectivity index (χ2n) is 6.34. The fourth-order valence-corrected chi connectivity index (χ4v) is 3.69. The molecule has 0 unspecified atom stereocenters. The monoisotopic (exact) mass is 373 g/mol. The van der Waals surface area contributed by atoms with E-state index in [0.29, 0.717) is 30.4 Å². The molecular weight excluding hydrogens is 350 g/mol. The van der Waals surface area contributed by atoms with Crippen molar-refractivity contribution in [3.8, 4) is 11.8 Å². The molecule has 0 saturated carbocycles. The van der Waals surface area contributed by atoms with Gasteiger partial charge in [-0.1, -0.05) is 0 Å². The maximum Gasteiger partial charge on any atom is 0.178 e. The highest BCUT2D eigenvalue weighted by Crippen LogP contribution is 2.23. The van der Waals surface area contributed by atoms with Crippen LogP contribution < -0.4 is 5.73 Å². The van der Waals surface area contributed by atoms with Gasteiger partial charge in [-0.2, -0.15) is 5.26 Å². The summed E-state index contributed by atoms with van der Waals surface area (Å²) in [6.07, 6.45) is 3.14. The lowest BCUT2D eigenvalue weighted by atomic mass is 10.1. The zero-order chi connectivity index (χ0) is 19.3. The standard InChI is InChI=1S/C19H23N3O3S/c1-14-18(19(23)13-21)11-17(5-3-4-10-26(2,24)25)22(14)16-8-6-15(12-20)7-9-16/h6-9,11H,3-5,10,13,21H2,1-2H3. The number of ketones is 1. The molecule has 0 aliphatic heterocycles. The van der Waals surface area contributed by atoms with E-state index in [1.54, 1.807) is 12.1 Å². The zero-order valence-electron chi connectivity index (χ0n) is 15.0. The molecule has 138 valence electrons. The zero-order valence-corrected chi connectivity index (χ0v) is 15.8. The number of nitrogens with zero attached hydrogens (tertiary/aromatic N) is 2. The number of rotatable bonds is 8. The molecule has 0 aliphatic rings. The van der Waals surface area contributed by atoms with Crippen LogP contribution in [-0.4, -0.2) is 37.3 Å². The minimum Gasteiger partial charge on any atom is -0.324 e. The summed E-state index contributed by atoms with van der Waals surface area (Å²) in [7, 11) is -2.98. The fraction of sp³-hybridized carbons (Fsp3) is 0.368. The van der Waals surface area contributed by atoms with Gasteiger partial charge in [0.05, 0.1) is 18.2 Å². The minimum absolute atomic E-state index is 0.0637. The van der Waals surface area contributed by atoms with Crippen LogP contribution in [0, 0.1) is 18.3 Å². The Hall–Kier alpha value is -2.43. The van der Waals surface area contributed by atoms with Crippen molar-refractivity contribution in [2.75, 3.05) is 18.6 Å². The van der Waals surface area contributed by atoms with E-state index >= 15 is 0 Å². The van der Waals surface area contributed by atoms with Gasteiger partial charge in [-0.05, 0) is 56.5 Å². The molecule has 1 aromatic carbocycles. The van der Waals surface area contributed by atoms with Crippen molar-refractivity contribution in [2.45, 2.75) is 26.2 Å². The molecule has 0 atom stereocenters. The van der Waals surface area contributed by atoms with E-state index in [9.17, 15) is 13.2 Å². The summed E-state index contributed by atoms with van der Waals surface area (Å²) < 4.78 is 24.6. The molecular formula is C19H23N3O3S. The summed E-state index contributed by atoms with van der Waals surface area (Å²) in [5.41, 5.74) is 9.24. The van der Waals surface area contributed by atoms with Crippen LogP contribution >= 0.6 is 0 Å². The maximum absolute atomic E-state index is 12.1. The first-order chi connectivity index (χ1) is 12.3. The van der Waals surface area contributed by atoms with Gasteiger partial charge in [-0.25, -0.2) is 8.42 Å². The van der Waals surface area contributed by atoms with E-state index in [2.05, 4.69) is 6.07 Å². The molecule has 2 N–H and O–H groups in total. The number of aromatic nitrogens is 1. The lowest BCUT2D eigenvalue weighted by molar-refractivity contribution is 0.100. The third kappa shape index (κ3) is 4.81. The lowest BCUT2D eigenvalue weighted by Gasteiger charge is -2.12. The van der Waals surface area contributed by atoms with Crippen molar-refractivity contribution < 1.29 is 13.2 Å². The summed E-state index contributed by atoms with van der Waals surface area (Å²) in [4.78, 5) is 12.1. The maximum atomic E-state index is 12.1. The molecule has 0 bridgehead atoms. The van der Waals surface area contributed by atoms with Crippen LogP contribution in [0.5, 0.6) is 0 Å². The van der Waals surface area contributed by atoms with E-state index in [4.69, 9.17) is 11.0 Å². The number of nitriles is 1. The summed E-state index contributed by atoms with van der Waals surface area (Å²) in [6, 6.07) is 11.1. The van der Waals surface area contributed by atoms with Gasteiger partial charge in [-0.3, -0.25) is 4.79 Å². The van der Waals surface area contributed by atoms with Crippen LogP contribution in [-0.2, 0) is 16.3 Å². The average molecular weight is 373 g/mol. The molecule has 0 aliphatic carbocycles. The molecule has 1 heterocycles. The molecule has 0 radical (unpaired) electrons. The van der Waals surface area contributed by atoms with E-state index in [1.807, 2.05) is 29.7 Å². The van der Waals surface area contributed by atoms with Crippen LogP contribution in [0.15, 0.2) is 30.3 Å². The van der Waals surface area contributed by atoms with Crippen molar-refractivity contribution in [3.05, 3.63) is 52.8 Å². The van der Waals surface area contributed by atoms with Crippen molar-refractivity contribution in [3.63, 3.8) is 0 Å². The van der Waals surface area contributed by atoms with Crippen molar-refractivity contribution in [1.82, 2.24) is 4.57 Å². The number of benzene rings is 1. The number of carbonyl (C=O) groups is 1. The second-order valence-corrected chi connectivity index (χ2v) is 8.60. The van der Waals surface area contributed by atoms with Crippen molar-refractivity contribution in [2.24, 2.45) is 5.73 Å². The van der Waals surface area contributed by atoms with E-state index in [0.717, 1.165) is 17.1 Å². The smallest absolute Gasteiger partial charge is 0.178 e. The molecule has 7 heteroatoms. The van der Waals surface area contributed by atoms with Crippen LogP contribution in [0.2, 0.25) is 0 Å². The number of hydrogen-bond acceptors (Lipinski definition) is 5. The molecule has 0 amide bonds. The third-order valence-corrected chi connectivity index (χ3v) is 5.29. The Kier molecular flexibility index (Phi) is 6.35. The molecule has 1 aromatic heterocycles. The first-order valence-electron chi connectivity index (χ1n) is 8.39. The summed E-state index contributed by atoms with van der Waals surface area (Å²) >= 11 is 0. The van der Waals surface area contributed by atoms with Gasteiger partial charge in [0, 0.05) is 34.6 Å². The Morgan fingerprint density at radius 1 is 1.23 bits per heavy atom. The highest BCUT2D eigenvalue weighted by Gasteiger charge is 2.17. The highest BCUT2D eigenvalue weighted by molar-refractivity contribution is 7.90. The molecule has 0 fully saturated rings. The first-order valence-corrected chi connectivity index (χ1v) is 10.5. The van der Waals surface area contributed by atoms with Crippen LogP contribution in [0.3, 0.4) is 0 Å². The average Bonchev–Trinajstić information content (AvgIpc) is 2.93. The summed E-state index contributed by atoms with van der Waals surface area (Å²) in [5, 5.41) is 8.96. The van der Waals surface area contributed by atoms with Crippen LogP contribution in [0.4, 0.5) is 0 Å². The second kappa shape index (κ2) is 8.30. The first kappa shape index (κ1) is 19.9. The number of aryl methyl sites for hydroxylation is 1. The minimum atomic E-state index is -2.98. The van der Waals surface area contributed by atoms with Crippen LogP contribution in [0.25, 0.3) is 5.69 Å². The van der Waals surface area contributed by atoms with Gasteiger partial charge >= 0.3 is 0 Å². The molecule has 0 saturated heterocycles. The normalized spacial score (nSPS) is 11.3. The third-order valence-electron chi connectivity index (χ3n) is 4.26. The van der Waals surface area contributed by atoms with Gasteiger partial charge in [0.2, 0.25) is 0 Å². The number of carbonyl (C=O) groups excluding carboxylic acids is 1.